The molecule has 0 aliphatic carbocycles. The van der Waals surface area contributed by atoms with E-state index in [9.17, 15) is 9.59 Å². The molecule has 2 N–H and O–H groups in total. The Balaban J connectivity index is 1.51. The van der Waals surface area contributed by atoms with Crippen molar-refractivity contribution in [1.82, 2.24) is 15.1 Å². The number of nitrogens with zero attached hydrogens (tertiary/aromatic N) is 2. The molecule has 1 fully saturated rings. The first-order chi connectivity index (χ1) is 13.0. The van der Waals surface area contributed by atoms with E-state index in [1.807, 2.05) is 17.0 Å². The summed E-state index contributed by atoms with van der Waals surface area (Å²) in [5, 5.41) is 6.18. The Morgan fingerprint density at radius 2 is 1.74 bits per heavy atom. The number of carbonyl (C=O) groups is 2. The van der Waals surface area contributed by atoms with Gasteiger partial charge in [-0.2, -0.15) is 0 Å². The molecule has 0 unspecified atom stereocenters. The van der Waals surface area contributed by atoms with Gasteiger partial charge in [0.05, 0.1) is 0 Å². The summed E-state index contributed by atoms with van der Waals surface area (Å²) in [5.74, 6) is 0.0278. The minimum absolute atomic E-state index is 0.0278. The van der Waals surface area contributed by atoms with Crippen molar-refractivity contribution in [2.24, 2.45) is 0 Å². The fourth-order valence-corrected chi connectivity index (χ4v) is 3.11. The second-order valence-electron chi connectivity index (χ2n) is 6.61. The van der Waals surface area contributed by atoms with Crippen LogP contribution in [0.3, 0.4) is 0 Å². The zero-order valence-corrected chi connectivity index (χ0v) is 16.0. The van der Waals surface area contributed by atoms with E-state index < -0.39 is 0 Å². The summed E-state index contributed by atoms with van der Waals surface area (Å²) >= 11 is 5.93. The van der Waals surface area contributed by atoms with Crippen LogP contribution in [0.15, 0.2) is 48.5 Å². The lowest BCUT2D eigenvalue weighted by Crippen LogP contribution is -2.47. The molecule has 1 aliphatic heterocycles. The molecule has 0 bridgehead atoms. The number of benzene rings is 2. The summed E-state index contributed by atoms with van der Waals surface area (Å²) < 4.78 is 0. The van der Waals surface area contributed by atoms with E-state index in [-0.39, 0.29) is 11.9 Å². The molecule has 0 spiro atoms. The van der Waals surface area contributed by atoms with Gasteiger partial charge in [-0.15, -0.1) is 0 Å². The van der Waals surface area contributed by atoms with Gasteiger partial charge in [-0.05, 0) is 49.0 Å². The van der Waals surface area contributed by atoms with Crippen molar-refractivity contribution in [2.75, 3.05) is 38.5 Å². The molecule has 2 aromatic rings. The van der Waals surface area contributed by atoms with E-state index in [0.29, 0.717) is 22.8 Å². The van der Waals surface area contributed by atoms with Crippen molar-refractivity contribution < 1.29 is 9.59 Å². The molecule has 0 saturated carbocycles. The van der Waals surface area contributed by atoms with Crippen LogP contribution in [0.2, 0.25) is 5.02 Å². The maximum absolute atomic E-state index is 12.5. The summed E-state index contributed by atoms with van der Waals surface area (Å²) in [7, 11) is 2.06. The van der Waals surface area contributed by atoms with Crippen LogP contribution in [0, 0.1) is 0 Å². The van der Waals surface area contributed by atoms with Gasteiger partial charge in [0.1, 0.15) is 0 Å². The topological polar surface area (TPSA) is 64.7 Å². The Labute approximate surface area is 164 Å². The molecule has 3 amide bonds. The highest BCUT2D eigenvalue weighted by molar-refractivity contribution is 6.30. The molecular weight excluding hydrogens is 364 g/mol. The SMILES string of the molecule is CN1CCN(C(=O)c2ccc(NC(=O)NCc3cccc(Cl)c3)cc2)CC1. The lowest BCUT2D eigenvalue weighted by molar-refractivity contribution is 0.0664. The second kappa shape index (κ2) is 8.88. The second-order valence-corrected chi connectivity index (χ2v) is 7.05. The lowest BCUT2D eigenvalue weighted by atomic mass is 10.1. The summed E-state index contributed by atoms with van der Waals surface area (Å²) in [6, 6.07) is 14.0. The van der Waals surface area contributed by atoms with E-state index >= 15 is 0 Å². The maximum Gasteiger partial charge on any atom is 0.319 e. The van der Waals surface area contributed by atoms with Crippen molar-refractivity contribution in [1.29, 1.82) is 0 Å². The monoisotopic (exact) mass is 386 g/mol. The van der Waals surface area contributed by atoms with Crippen LogP contribution >= 0.6 is 11.6 Å². The molecule has 27 heavy (non-hydrogen) atoms. The van der Waals surface area contributed by atoms with E-state index in [1.54, 1.807) is 36.4 Å². The normalized spacial score (nSPS) is 14.7. The fourth-order valence-electron chi connectivity index (χ4n) is 2.89. The number of hydrogen-bond donors (Lipinski definition) is 2. The van der Waals surface area contributed by atoms with Crippen LogP contribution in [0.1, 0.15) is 15.9 Å². The zero-order valence-electron chi connectivity index (χ0n) is 15.2. The van der Waals surface area contributed by atoms with Gasteiger partial charge in [-0.1, -0.05) is 23.7 Å². The summed E-state index contributed by atoms with van der Waals surface area (Å²) in [6.45, 7) is 3.63. The third-order valence-corrected chi connectivity index (χ3v) is 4.76. The molecule has 142 valence electrons. The number of urea groups is 1. The molecular formula is C20H23ClN4O2. The molecule has 1 aliphatic rings. The molecule has 7 heteroatoms. The Morgan fingerprint density at radius 1 is 1.04 bits per heavy atom. The third kappa shape index (κ3) is 5.45. The number of likely N-dealkylation sites (N-methyl/N-ethyl adjacent to an activating group) is 1. The highest BCUT2D eigenvalue weighted by Gasteiger charge is 2.20. The minimum atomic E-state index is -0.312. The molecule has 3 rings (SSSR count). The first-order valence-electron chi connectivity index (χ1n) is 8.88. The number of piperazine rings is 1. The third-order valence-electron chi connectivity index (χ3n) is 4.52. The fraction of sp³-hybridized carbons (Fsp3) is 0.300. The Bertz CT molecular complexity index is 802. The Morgan fingerprint density at radius 3 is 2.41 bits per heavy atom. The van der Waals surface area contributed by atoms with Crippen LogP contribution < -0.4 is 10.6 Å². The van der Waals surface area contributed by atoms with Crippen LogP contribution in [0.5, 0.6) is 0 Å². The molecule has 1 heterocycles. The molecule has 2 aromatic carbocycles. The standard InChI is InChI=1S/C20H23ClN4O2/c1-24-9-11-25(12-10-24)19(26)16-5-7-18(8-6-16)23-20(27)22-14-15-3-2-4-17(21)13-15/h2-8,13H,9-12,14H2,1H3,(H2,22,23,27). The average molecular weight is 387 g/mol. The quantitative estimate of drug-likeness (QED) is 0.848. The summed E-state index contributed by atoms with van der Waals surface area (Å²) in [6.07, 6.45) is 0. The molecule has 1 saturated heterocycles. The van der Waals surface area contributed by atoms with Crippen LogP contribution in [-0.2, 0) is 6.54 Å². The van der Waals surface area contributed by atoms with Crippen molar-refractivity contribution in [3.05, 3.63) is 64.7 Å². The van der Waals surface area contributed by atoms with Gasteiger partial charge in [0, 0.05) is 49.0 Å². The minimum Gasteiger partial charge on any atom is -0.336 e. The van der Waals surface area contributed by atoms with Crippen molar-refractivity contribution in [3.8, 4) is 0 Å². The molecule has 0 radical (unpaired) electrons. The lowest BCUT2D eigenvalue weighted by Gasteiger charge is -2.32. The molecule has 0 atom stereocenters. The number of amides is 3. The van der Waals surface area contributed by atoms with Gasteiger partial charge in [0.2, 0.25) is 0 Å². The largest absolute Gasteiger partial charge is 0.336 e. The van der Waals surface area contributed by atoms with Gasteiger partial charge >= 0.3 is 6.03 Å². The average Bonchev–Trinajstić information content (AvgIpc) is 2.67. The van der Waals surface area contributed by atoms with E-state index in [4.69, 9.17) is 11.6 Å². The van der Waals surface area contributed by atoms with Crippen molar-refractivity contribution in [3.63, 3.8) is 0 Å². The van der Waals surface area contributed by atoms with E-state index in [0.717, 1.165) is 31.7 Å². The molecule has 0 aromatic heterocycles. The van der Waals surface area contributed by atoms with Gasteiger partial charge in [0.15, 0.2) is 0 Å². The Hall–Kier alpha value is -2.57. The summed E-state index contributed by atoms with van der Waals surface area (Å²) in [5.41, 5.74) is 2.18. The predicted octanol–water partition coefficient (Wildman–Crippen LogP) is 3.05. The van der Waals surface area contributed by atoms with Crippen molar-refractivity contribution >= 4 is 29.2 Å². The van der Waals surface area contributed by atoms with Crippen LogP contribution in [-0.4, -0.2) is 55.0 Å². The van der Waals surface area contributed by atoms with Crippen LogP contribution in [0.4, 0.5) is 10.5 Å². The number of halogens is 1. The van der Waals surface area contributed by atoms with Gasteiger partial charge in [0.25, 0.3) is 5.91 Å². The highest BCUT2D eigenvalue weighted by Crippen LogP contribution is 2.13. The number of rotatable bonds is 4. The van der Waals surface area contributed by atoms with E-state index in [2.05, 4.69) is 22.6 Å². The first-order valence-corrected chi connectivity index (χ1v) is 9.26. The number of carbonyl (C=O) groups excluding carboxylic acids is 2. The number of hydrogen-bond acceptors (Lipinski definition) is 3. The summed E-state index contributed by atoms with van der Waals surface area (Å²) in [4.78, 5) is 28.6. The maximum atomic E-state index is 12.5. The highest BCUT2D eigenvalue weighted by atomic mass is 35.5. The van der Waals surface area contributed by atoms with Gasteiger partial charge in [-0.25, -0.2) is 4.79 Å². The van der Waals surface area contributed by atoms with Gasteiger partial charge < -0.3 is 20.4 Å². The predicted molar refractivity (Wildman–Crippen MR) is 107 cm³/mol. The number of nitrogens with one attached hydrogen (secondary N) is 2. The smallest absolute Gasteiger partial charge is 0.319 e. The Kier molecular flexibility index (Phi) is 6.32. The number of anilines is 1. The van der Waals surface area contributed by atoms with Crippen molar-refractivity contribution in [2.45, 2.75) is 6.54 Å². The van der Waals surface area contributed by atoms with Crippen LogP contribution in [0.25, 0.3) is 0 Å². The zero-order chi connectivity index (χ0) is 19.2. The van der Waals surface area contributed by atoms with E-state index in [1.165, 1.54) is 0 Å². The molecule has 6 nitrogen and oxygen atoms in total. The first kappa shape index (κ1) is 19.2. The van der Waals surface area contributed by atoms with Gasteiger partial charge in [-0.3, -0.25) is 4.79 Å².